The third-order valence-electron chi connectivity index (χ3n) is 2.69. The largest absolute Gasteiger partial charge is 0.475 e. The van der Waals surface area contributed by atoms with E-state index < -0.39 is 11.8 Å². The SMILES string of the molecule is Cc1cccc(OC(=O)c2ccc(OC(C)C)nc2)c1F. The Morgan fingerprint density at radius 3 is 2.62 bits per heavy atom. The molecular formula is C16H16FNO3. The lowest BCUT2D eigenvalue weighted by molar-refractivity contribution is 0.0727. The molecule has 1 aromatic carbocycles. The molecule has 0 atom stereocenters. The molecule has 2 rings (SSSR count). The maximum Gasteiger partial charge on any atom is 0.345 e. The summed E-state index contributed by atoms with van der Waals surface area (Å²) in [6.07, 6.45) is 1.34. The lowest BCUT2D eigenvalue weighted by atomic mass is 10.2. The van der Waals surface area contributed by atoms with Gasteiger partial charge in [0.2, 0.25) is 5.88 Å². The van der Waals surface area contributed by atoms with E-state index >= 15 is 0 Å². The van der Waals surface area contributed by atoms with Gasteiger partial charge in [-0.3, -0.25) is 0 Å². The molecule has 0 fully saturated rings. The van der Waals surface area contributed by atoms with E-state index in [4.69, 9.17) is 9.47 Å². The quantitative estimate of drug-likeness (QED) is 0.638. The first kappa shape index (κ1) is 15.0. The first-order valence-corrected chi connectivity index (χ1v) is 6.57. The first-order valence-electron chi connectivity index (χ1n) is 6.57. The molecule has 0 saturated heterocycles. The molecule has 0 spiro atoms. The second-order valence-electron chi connectivity index (χ2n) is 4.83. The van der Waals surface area contributed by atoms with Gasteiger partial charge in [-0.15, -0.1) is 0 Å². The van der Waals surface area contributed by atoms with Crippen LogP contribution in [0.3, 0.4) is 0 Å². The highest BCUT2D eigenvalue weighted by atomic mass is 19.1. The minimum Gasteiger partial charge on any atom is -0.475 e. The van der Waals surface area contributed by atoms with Gasteiger partial charge in [-0.2, -0.15) is 0 Å². The van der Waals surface area contributed by atoms with Gasteiger partial charge in [-0.05, 0) is 38.5 Å². The van der Waals surface area contributed by atoms with Gasteiger partial charge >= 0.3 is 5.97 Å². The molecule has 0 unspecified atom stereocenters. The van der Waals surface area contributed by atoms with Crippen LogP contribution in [-0.4, -0.2) is 17.1 Å². The number of carbonyl (C=O) groups excluding carboxylic acids is 1. The van der Waals surface area contributed by atoms with Gasteiger partial charge in [0, 0.05) is 12.3 Å². The van der Waals surface area contributed by atoms with Crippen molar-refractivity contribution in [2.24, 2.45) is 0 Å². The van der Waals surface area contributed by atoms with Gasteiger partial charge < -0.3 is 9.47 Å². The number of halogens is 1. The van der Waals surface area contributed by atoms with E-state index in [1.807, 2.05) is 13.8 Å². The van der Waals surface area contributed by atoms with Crippen LogP contribution in [0, 0.1) is 12.7 Å². The number of hydrogen-bond acceptors (Lipinski definition) is 4. The molecule has 5 heteroatoms. The van der Waals surface area contributed by atoms with Crippen molar-refractivity contribution in [1.29, 1.82) is 0 Å². The van der Waals surface area contributed by atoms with Gasteiger partial charge in [0.15, 0.2) is 11.6 Å². The normalized spacial score (nSPS) is 10.5. The molecule has 2 aromatic rings. The van der Waals surface area contributed by atoms with Gasteiger partial charge in [0.1, 0.15) is 0 Å². The highest BCUT2D eigenvalue weighted by molar-refractivity contribution is 5.90. The number of aryl methyl sites for hydroxylation is 1. The molecule has 0 aliphatic carbocycles. The van der Waals surface area contributed by atoms with Crippen molar-refractivity contribution >= 4 is 5.97 Å². The molecule has 0 aliphatic heterocycles. The second kappa shape index (κ2) is 6.35. The molecule has 110 valence electrons. The predicted octanol–water partition coefficient (Wildman–Crippen LogP) is 3.54. The standard InChI is InChI=1S/C16H16FNO3/c1-10(2)20-14-8-7-12(9-18-14)16(19)21-13-6-4-5-11(3)15(13)17/h4-10H,1-3H3. The summed E-state index contributed by atoms with van der Waals surface area (Å²) >= 11 is 0. The third-order valence-corrected chi connectivity index (χ3v) is 2.69. The van der Waals surface area contributed by atoms with Crippen LogP contribution in [0.1, 0.15) is 29.8 Å². The van der Waals surface area contributed by atoms with Gasteiger partial charge in [-0.25, -0.2) is 14.2 Å². The first-order chi connectivity index (χ1) is 9.97. The zero-order valence-electron chi connectivity index (χ0n) is 12.1. The molecule has 4 nitrogen and oxygen atoms in total. The molecule has 1 heterocycles. The lowest BCUT2D eigenvalue weighted by Gasteiger charge is -2.09. The molecule has 1 aromatic heterocycles. The Hall–Kier alpha value is -2.43. The molecule has 0 amide bonds. The Bertz CT molecular complexity index is 638. The van der Waals surface area contributed by atoms with Crippen LogP contribution in [0.5, 0.6) is 11.6 Å². The Morgan fingerprint density at radius 1 is 1.24 bits per heavy atom. The number of hydrogen-bond donors (Lipinski definition) is 0. The number of rotatable bonds is 4. The number of benzene rings is 1. The van der Waals surface area contributed by atoms with Gasteiger partial charge in [0.05, 0.1) is 11.7 Å². The fraction of sp³-hybridized carbons (Fsp3) is 0.250. The van der Waals surface area contributed by atoms with Crippen molar-refractivity contribution in [3.63, 3.8) is 0 Å². The van der Waals surface area contributed by atoms with Gasteiger partial charge in [-0.1, -0.05) is 12.1 Å². The number of pyridine rings is 1. The summed E-state index contributed by atoms with van der Waals surface area (Å²) in [7, 11) is 0. The Morgan fingerprint density at radius 2 is 2.00 bits per heavy atom. The van der Waals surface area contributed by atoms with Crippen LogP contribution in [0.2, 0.25) is 0 Å². The maximum atomic E-state index is 13.8. The number of carbonyl (C=O) groups is 1. The van der Waals surface area contributed by atoms with E-state index in [2.05, 4.69) is 4.98 Å². The van der Waals surface area contributed by atoms with Crippen LogP contribution in [0.25, 0.3) is 0 Å². The summed E-state index contributed by atoms with van der Waals surface area (Å²) in [6, 6.07) is 7.74. The predicted molar refractivity (Wildman–Crippen MR) is 76.1 cm³/mol. The highest BCUT2D eigenvalue weighted by Crippen LogP contribution is 2.21. The molecule has 0 bridgehead atoms. The van der Waals surface area contributed by atoms with E-state index in [9.17, 15) is 9.18 Å². The van der Waals surface area contributed by atoms with Crippen LogP contribution >= 0.6 is 0 Å². The van der Waals surface area contributed by atoms with Crippen molar-refractivity contribution in [3.05, 3.63) is 53.5 Å². The van der Waals surface area contributed by atoms with Gasteiger partial charge in [0.25, 0.3) is 0 Å². The average Bonchev–Trinajstić information content (AvgIpc) is 2.44. The summed E-state index contributed by atoms with van der Waals surface area (Å²) in [5.41, 5.74) is 0.645. The summed E-state index contributed by atoms with van der Waals surface area (Å²) in [5, 5.41) is 0. The smallest absolute Gasteiger partial charge is 0.345 e. The summed E-state index contributed by atoms with van der Waals surface area (Å²) in [5.74, 6) is -0.882. The Balaban J connectivity index is 2.11. The maximum absolute atomic E-state index is 13.8. The number of nitrogens with zero attached hydrogens (tertiary/aromatic N) is 1. The highest BCUT2D eigenvalue weighted by Gasteiger charge is 2.13. The third kappa shape index (κ3) is 3.78. The number of aromatic nitrogens is 1. The Kier molecular flexibility index (Phi) is 4.52. The minimum absolute atomic E-state index is 0.00306. The molecular weight excluding hydrogens is 273 g/mol. The van der Waals surface area contributed by atoms with Crippen molar-refractivity contribution in [3.8, 4) is 11.6 Å². The fourth-order valence-corrected chi connectivity index (χ4v) is 1.67. The van der Waals surface area contributed by atoms with Crippen molar-refractivity contribution in [2.75, 3.05) is 0 Å². The number of ether oxygens (including phenoxy) is 2. The summed E-state index contributed by atoms with van der Waals surface area (Å²) in [4.78, 5) is 15.9. The molecule has 0 radical (unpaired) electrons. The van der Waals surface area contributed by atoms with Crippen LogP contribution in [-0.2, 0) is 0 Å². The zero-order chi connectivity index (χ0) is 15.4. The van der Waals surface area contributed by atoms with Crippen LogP contribution < -0.4 is 9.47 Å². The molecule has 0 saturated carbocycles. The van der Waals surface area contributed by atoms with Crippen LogP contribution in [0.15, 0.2) is 36.5 Å². The van der Waals surface area contributed by atoms with E-state index in [0.29, 0.717) is 11.4 Å². The number of esters is 1. The van der Waals surface area contributed by atoms with Crippen molar-refractivity contribution in [1.82, 2.24) is 4.98 Å². The molecule has 0 aliphatic rings. The van der Waals surface area contributed by atoms with Crippen molar-refractivity contribution < 1.29 is 18.7 Å². The average molecular weight is 289 g/mol. The molecule has 0 N–H and O–H groups in total. The molecule has 21 heavy (non-hydrogen) atoms. The monoisotopic (exact) mass is 289 g/mol. The van der Waals surface area contributed by atoms with Crippen molar-refractivity contribution in [2.45, 2.75) is 26.9 Å². The minimum atomic E-state index is -0.664. The summed E-state index contributed by atoms with van der Waals surface area (Å²) in [6.45, 7) is 5.36. The lowest BCUT2D eigenvalue weighted by Crippen LogP contribution is -2.11. The van der Waals surface area contributed by atoms with E-state index in [-0.39, 0.29) is 17.4 Å². The van der Waals surface area contributed by atoms with E-state index in [0.717, 1.165) is 0 Å². The van der Waals surface area contributed by atoms with E-state index in [1.165, 1.54) is 18.3 Å². The second-order valence-corrected chi connectivity index (χ2v) is 4.83. The Labute approximate surface area is 122 Å². The topological polar surface area (TPSA) is 48.4 Å². The zero-order valence-corrected chi connectivity index (χ0v) is 12.1. The van der Waals surface area contributed by atoms with E-state index in [1.54, 1.807) is 25.1 Å². The summed E-state index contributed by atoms with van der Waals surface area (Å²) < 4.78 is 24.2. The van der Waals surface area contributed by atoms with Crippen LogP contribution in [0.4, 0.5) is 4.39 Å². The fourth-order valence-electron chi connectivity index (χ4n) is 1.67.